The molecule has 3 aromatic rings. The number of carbonyl (C=O) groups excluding carboxylic acids is 1. The predicted octanol–water partition coefficient (Wildman–Crippen LogP) is 4.97. The van der Waals surface area contributed by atoms with Crippen LogP contribution in [0.1, 0.15) is 27.4 Å². The summed E-state index contributed by atoms with van der Waals surface area (Å²) in [5.74, 6) is -0.849. The highest BCUT2D eigenvalue weighted by molar-refractivity contribution is 6.05. The molecule has 0 N–H and O–H groups in total. The number of hydrogen-bond donors (Lipinski definition) is 0. The van der Waals surface area contributed by atoms with Gasteiger partial charge in [0.2, 0.25) is 0 Å². The number of rotatable bonds is 3. The van der Waals surface area contributed by atoms with E-state index in [4.69, 9.17) is 0 Å². The Hall–Kier alpha value is -4.15. The largest absolute Gasteiger partial charge is 0.346 e. The van der Waals surface area contributed by atoms with E-state index in [1.165, 1.54) is 0 Å². The lowest BCUT2D eigenvalue weighted by Gasteiger charge is -2.35. The lowest BCUT2D eigenvalue weighted by Crippen LogP contribution is -2.45. The van der Waals surface area contributed by atoms with Crippen molar-refractivity contribution in [2.45, 2.75) is 18.0 Å². The van der Waals surface area contributed by atoms with E-state index in [0.717, 1.165) is 16.8 Å². The lowest BCUT2D eigenvalue weighted by molar-refractivity contribution is 0.0842. The number of anilines is 1. The monoisotopic (exact) mass is 401 g/mol. The molecule has 2 heterocycles. The molecule has 4 nitrogen and oxygen atoms in total. The first-order chi connectivity index (χ1) is 15.2. The van der Waals surface area contributed by atoms with Gasteiger partial charge in [0, 0.05) is 17.2 Å². The number of hydrogen-bond acceptors (Lipinski definition) is 4. The van der Waals surface area contributed by atoms with E-state index in [1.54, 1.807) is 24.3 Å². The Kier molecular flexibility index (Phi) is 4.42. The van der Waals surface area contributed by atoms with E-state index in [-0.39, 0.29) is 5.78 Å². The minimum Gasteiger partial charge on any atom is -0.346 e. The van der Waals surface area contributed by atoms with Crippen LogP contribution in [0.15, 0.2) is 91.0 Å². The Morgan fingerprint density at radius 2 is 1.52 bits per heavy atom. The van der Waals surface area contributed by atoms with Gasteiger partial charge in [-0.15, -0.1) is 0 Å². The molecule has 1 saturated heterocycles. The molecular formula is C27H19N3O. The highest BCUT2D eigenvalue weighted by atomic mass is 16.1. The average Bonchev–Trinajstić information content (AvgIpc) is 3.15. The highest BCUT2D eigenvalue weighted by Crippen LogP contribution is 2.56. The molecule has 0 bridgehead atoms. The molecule has 3 aromatic carbocycles. The normalized spacial score (nSPS) is 25.7. The Labute approximate surface area is 181 Å². The molecule has 0 saturated carbocycles. The zero-order valence-corrected chi connectivity index (χ0v) is 16.7. The topological polar surface area (TPSA) is 67.9 Å². The molecule has 4 heteroatoms. The van der Waals surface area contributed by atoms with Gasteiger partial charge < -0.3 is 4.90 Å². The molecule has 2 aliphatic heterocycles. The van der Waals surface area contributed by atoms with Crippen LogP contribution in [0.3, 0.4) is 0 Å². The quantitative estimate of drug-likeness (QED) is 0.581. The number of fused-ring (bicyclic) bond motifs is 3. The van der Waals surface area contributed by atoms with E-state index in [1.807, 2.05) is 77.7 Å². The third-order valence-electron chi connectivity index (χ3n) is 6.43. The van der Waals surface area contributed by atoms with Crippen LogP contribution in [0.2, 0.25) is 0 Å². The first-order valence-electron chi connectivity index (χ1n) is 10.2. The number of Topliss-reactive ketones (excluding diaryl/α,β-unsaturated/α-hetero) is 1. The van der Waals surface area contributed by atoms with Crippen molar-refractivity contribution in [2.24, 2.45) is 5.41 Å². The van der Waals surface area contributed by atoms with Crippen LogP contribution in [0.25, 0.3) is 6.08 Å². The van der Waals surface area contributed by atoms with Crippen LogP contribution < -0.4 is 4.90 Å². The summed E-state index contributed by atoms with van der Waals surface area (Å²) in [5.41, 5.74) is 1.72. The van der Waals surface area contributed by atoms with Gasteiger partial charge >= 0.3 is 0 Å². The minimum atomic E-state index is -1.44. The number of nitriles is 2. The fourth-order valence-corrected chi connectivity index (χ4v) is 5.12. The van der Waals surface area contributed by atoms with Crippen LogP contribution in [-0.2, 0) is 0 Å². The average molecular weight is 401 g/mol. The van der Waals surface area contributed by atoms with Crippen molar-refractivity contribution >= 4 is 17.5 Å². The van der Waals surface area contributed by atoms with Gasteiger partial charge in [0.25, 0.3) is 0 Å². The fraction of sp³-hybridized carbons (Fsp3) is 0.148. The summed E-state index contributed by atoms with van der Waals surface area (Å²) < 4.78 is 0. The summed E-state index contributed by atoms with van der Waals surface area (Å²) in [7, 11) is 0. The van der Waals surface area contributed by atoms with Gasteiger partial charge in [0.1, 0.15) is 6.04 Å². The van der Waals surface area contributed by atoms with Gasteiger partial charge in [0.05, 0.1) is 18.2 Å². The van der Waals surface area contributed by atoms with E-state index in [2.05, 4.69) is 12.1 Å². The molecular weight excluding hydrogens is 382 g/mol. The highest BCUT2D eigenvalue weighted by Gasteiger charge is 2.64. The minimum absolute atomic E-state index is 0.249. The molecule has 0 spiro atoms. The second kappa shape index (κ2) is 7.27. The molecule has 1 fully saturated rings. The molecule has 2 aliphatic rings. The number of carbonyl (C=O) groups is 1. The molecule has 5 rings (SSSR count). The summed E-state index contributed by atoms with van der Waals surface area (Å²) in [5, 5.41) is 20.9. The molecule has 0 radical (unpaired) electrons. The van der Waals surface area contributed by atoms with Gasteiger partial charge in [-0.3, -0.25) is 4.79 Å². The maximum Gasteiger partial charge on any atom is 0.186 e. The molecule has 0 amide bonds. The summed E-state index contributed by atoms with van der Waals surface area (Å²) >= 11 is 0. The first kappa shape index (κ1) is 18.9. The van der Waals surface area contributed by atoms with Gasteiger partial charge in [-0.25, -0.2) is 0 Å². The number of para-hydroxylation sites is 1. The molecule has 148 valence electrons. The van der Waals surface area contributed by atoms with E-state index in [0.29, 0.717) is 5.56 Å². The van der Waals surface area contributed by atoms with Crippen molar-refractivity contribution in [1.29, 1.82) is 10.5 Å². The SMILES string of the molecule is N#C[C@@H]1[C@H](c2ccccc2)[C@@](C#N)(C(=O)c2ccccc2)[C@@H]2C=Cc3ccccc3N12. The van der Waals surface area contributed by atoms with Gasteiger partial charge in [0.15, 0.2) is 11.2 Å². The van der Waals surface area contributed by atoms with E-state index in [9.17, 15) is 15.3 Å². The molecule has 0 aromatic heterocycles. The van der Waals surface area contributed by atoms with Crippen molar-refractivity contribution in [1.82, 2.24) is 0 Å². The molecule has 0 unspecified atom stereocenters. The summed E-state index contributed by atoms with van der Waals surface area (Å²) in [6.07, 6.45) is 3.88. The smallest absolute Gasteiger partial charge is 0.186 e. The predicted molar refractivity (Wildman–Crippen MR) is 119 cm³/mol. The molecule has 4 atom stereocenters. The van der Waals surface area contributed by atoms with Crippen LogP contribution in [0.4, 0.5) is 5.69 Å². The second-order valence-electron chi connectivity index (χ2n) is 7.91. The van der Waals surface area contributed by atoms with Gasteiger partial charge in [-0.1, -0.05) is 91.0 Å². The first-order valence-corrected chi connectivity index (χ1v) is 10.2. The zero-order chi connectivity index (χ0) is 21.4. The van der Waals surface area contributed by atoms with Crippen molar-refractivity contribution in [3.63, 3.8) is 0 Å². The Bertz CT molecular complexity index is 1250. The number of ketones is 1. The maximum absolute atomic E-state index is 14.0. The van der Waals surface area contributed by atoms with E-state index < -0.39 is 23.4 Å². The summed E-state index contributed by atoms with van der Waals surface area (Å²) in [4.78, 5) is 16.0. The molecule has 31 heavy (non-hydrogen) atoms. The second-order valence-corrected chi connectivity index (χ2v) is 7.91. The summed E-state index contributed by atoms with van der Waals surface area (Å²) in [6, 6.07) is 29.9. The van der Waals surface area contributed by atoms with E-state index >= 15 is 0 Å². The van der Waals surface area contributed by atoms with Gasteiger partial charge in [-0.2, -0.15) is 10.5 Å². The summed E-state index contributed by atoms with van der Waals surface area (Å²) in [6.45, 7) is 0. The third-order valence-corrected chi connectivity index (χ3v) is 6.43. The van der Waals surface area contributed by atoms with Gasteiger partial charge in [-0.05, 0) is 17.2 Å². The third kappa shape index (κ3) is 2.62. The maximum atomic E-state index is 14.0. The van der Waals surface area contributed by atoms with Crippen LogP contribution in [0.5, 0.6) is 0 Å². The number of benzene rings is 3. The van der Waals surface area contributed by atoms with Crippen LogP contribution in [-0.4, -0.2) is 17.9 Å². The Morgan fingerprint density at radius 1 is 0.871 bits per heavy atom. The zero-order valence-electron chi connectivity index (χ0n) is 16.7. The lowest BCUT2D eigenvalue weighted by atomic mass is 9.65. The van der Waals surface area contributed by atoms with Crippen LogP contribution >= 0.6 is 0 Å². The standard InChI is InChI=1S/C27H19N3O/c28-17-23-25(20-10-3-1-4-11-20)27(18-29,26(31)21-12-5-2-6-13-21)24-16-15-19-9-7-8-14-22(19)30(23)24/h1-16,23-25H/t23-,24+,25+,27+/m1/s1. The number of nitrogens with zero attached hydrogens (tertiary/aromatic N) is 3. The Balaban J connectivity index is 1.80. The van der Waals surface area contributed by atoms with Crippen molar-refractivity contribution in [3.8, 4) is 12.1 Å². The Morgan fingerprint density at radius 3 is 2.19 bits per heavy atom. The van der Waals surface area contributed by atoms with Crippen molar-refractivity contribution in [2.75, 3.05) is 4.90 Å². The molecule has 0 aliphatic carbocycles. The van der Waals surface area contributed by atoms with Crippen molar-refractivity contribution in [3.05, 3.63) is 108 Å². The van der Waals surface area contributed by atoms with Crippen LogP contribution in [0, 0.1) is 28.1 Å². The fourth-order valence-electron chi connectivity index (χ4n) is 5.12. The van der Waals surface area contributed by atoms with Crippen molar-refractivity contribution < 1.29 is 4.79 Å².